The maximum absolute atomic E-state index is 12.6. The molecule has 3 N–H and O–H groups in total. The Balaban J connectivity index is 1.82. The number of carbonyl (C=O) groups is 2. The van der Waals surface area contributed by atoms with Gasteiger partial charge in [-0.3, -0.25) is 9.88 Å². The zero-order valence-corrected chi connectivity index (χ0v) is 19.3. The third-order valence-electron chi connectivity index (χ3n) is 4.58. The van der Waals surface area contributed by atoms with Crippen molar-refractivity contribution in [1.82, 2.24) is 15.7 Å². The number of hydrogen-bond acceptors (Lipinski definition) is 5. The maximum atomic E-state index is 12.6. The molecular formula is C23H31N3O5P-. The van der Waals surface area contributed by atoms with Gasteiger partial charge in [-0.2, -0.15) is 0 Å². The standard InChI is InChI=1S/C23H32N3O5P/c1-18(2)15-21(22(27)24-14-13-19-9-5-3-6-10-19)26-32(29,30)17-25-23(28)31-16-20-11-7-4-8-12-20/h3-12,18,21H,13-17H2,1-2H3,(H,24,27)(H,25,28)(H2,26,29,30)/p-1/t21-/m0/s1. The molecule has 0 aliphatic carbocycles. The predicted octanol–water partition coefficient (Wildman–Crippen LogP) is 2.79. The van der Waals surface area contributed by atoms with E-state index in [0.717, 1.165) is 11.1 Å². The molecule has 32 heavy (non-hydrogen) atoms. The summed E-state index contributed by atoms with van der Waals surface area (Å²) in [5.74, 6) is -0.298. The molecule has 2 aromatic rings. The van der Waals surface area contributed by atoms with Crippen molar-refractivity contribution >= 4 is 19.5 Å². The molecule has 0 aromatic heterocycles. The van der Waals surface area contributed by atoms with Gasteiger partial charge in [-0.1, -0.05) is 74.5 Å². The first-order valence-electron chi connectivity index (χ1n) is 10.6. The quantitative estimate of drug-likeness (QED) is 0.419. The second-order valence-corrected chi connectivity index (χ2v) is 9.83. The Morgan fingerprint density at radius 3 is 2.16 bits per heavy atom. The van der Waals surface area contributed by atoms with E-state index in [2.05, 4.69) is 15.7 Å². The van der Waals surface area contributed by atoms with E-state index in [1.807, 2.05) is 62.4 Å². The summed E-state index contributed by atoms with van der Waals surface area (Å²) < 4.78 is 17.5. The van der Waals surface area contributed by atoms with Crippen LogP contribution in [0.5, 0.6) is 0 Å². The highest BCUT2D eigenvalue weighted by atomic mass is 31.2. The van der Waals surface area contributed by atoms with Gasteiger partial charge in [-0.15, -0.1) is 0 Å². The van der Waals surface area contributed by atoms with Crippen LogP contribution < -0.4 is 20.6 Å². The van der Waals surface area contributed by atoms with Crippen molar-refractivity contribution in [2.75, 3.05) is 12.8 Å². The van der Waals surface area contributed by atoms with E-state index in [1.54, 1.807) is 12.1 Å². The summed E-state index contributed by atoms with van der Waals surface area (Å²) in [7, 11) is -4.27. The number of nitrogens with one attached hydrogen (secondary N) is 3. The number of rotatable bonds is 12. The number of carbonyl (C=O) groups excluding carboxylic acids is 2. The number of alkyl carbamates (subject to hydrolysis) is 1. The van der Waals surface area contributed by atoms with E-state index in [9.17, 15) is 19.0 Å². The van der Waals surface area contributed by atoms with Crippen molar-refractivity contribution in [1.29, 1.82) is 0 Å². The minimum atomic E-state index is -4.27. The average Bonchev–Trinajstić information content (AvgIpc) is 2.77. The summed E-state index contributed by atoms with van der Waals surface area (Å²) in [5, 5.41) is 7.43. The van der Waals surface area contributed by atoms with Crippen LogP contribution in [0, 0.1) is 5.92 Å². The molecule has 1 unspecified atom stereocenters. The molecule has 0 aliphatic rings. The molecule has 2 amide bonds. The van der Waals surface area contributed by atoms with Crippen LogP contribution in [-0.2, 0) is 27.1 Å². The van der Waals surface area contributed by atoms with Crippen LogP contribution in [0.2, 0.25) is 0 Å². The summed E-state index contributed by atoms with van der Waals surface area (Å²) in [6.07, 6.45) is -0.529. The van der Waals surface area contributed by atoms with E-state index < -0.39 is 31.8 Å². The van der Waals surface area contributed by atoms with Gasteiger partial charge in [-0.05, 0) is 29.9 Å². The lowest BCUT2D eigenvalue weighted by atomic mass is 10.0. The second kappa shape index (κ2) is 13.0. The monoisotopic (exact) mass is 460 g/mol. The molecule has 0 spiro atoms. The third-order valence-corrected chi connectivity index (χ3v) is 5.86. The van der Waals surface area contributed by atoms with Gasteiger partial charge in [0.25, 0.3) is 0 Å². The molecule has 0 saturated heterocycles. The highest BCUT2D eigenvalue weighted by Gasteiger charge is 2.24. The van der Waals surface area contributed by atoms with Crippen LogP contribution in [-0.4, -0.2) is 30.9 Å². The zero-order chi connectivity index (χ0) is 23.4. The van der Waals surface area contributed by atoms with Gasteiger partial charge >= 0.3 is 6.09 Å². The van der Waals surface area contributed by atoms with E-state index in [1.165, 1.54) is 0 Å². The lowest BCUT2D eigenvalue weighted by Crippen LogP contribution is -2.47. The molecule has 0 bridgehead atoms. The molecule has 174 valence electrons. The van der Waals surface area contributed by atoms with Crippen molar-refractivity contribution < 1.29 is 23.8 Å². The summed E-state index contributed by atoms with van der Waals surface area (Å²) in [6.45, 7) is 4.23. The van der Waals surface area contributed by atoms with Crippen LogP contribution >= 0.6 is 7.52 Å². The molecule has 0 saturated carbocycles. The van der Waals surface area contributed by atoms with Gasteiger partial charge in [0, 0.05) is 6.54 Å². The molecule has 0 heterocycles. The normalized spacial score (nSPS) is 13.8. The van der Waals surface area contributed by atoms with Crippen LogP contribution in [0.15, 0.2) is 60.7 Å². The average molecular weight is 460 g/mol. The zero-order valence-electron chi connectivity index (χ0n) is 18.5. The molecule has 0 radical (unpaired) electrons. The highest BCUT2D eigenvalue weighted by molar-refractivity contribution is 7.54. The Morgan fingerprint density at radius 2 is 1.56 bits per heavy atom. The van der Waals surface area contributed by atoms with Crippen LogP contribution in [0.3, 0.4) is 0 Å². The molecular weight excluding hydrogens is 429 g/mol. The molecule has 2 atom stereocenters. The van der Waals surface area contributed by atoms with Gasteiger partial charge in [0.1, 0.15) is 6.61 Å². The minimum Gasteiger partial charge on any atom is -0.787 e. The summed E-state index contributed by atoms with van der Waals surface area (Å²) >= 11 is 0. The van der Waals surface area contributed by atoms with Gasteiger partial charge in [0.15, 0.2) is 0 Å². The number of amides is 2. The van der Waals surface area contributed by atoms with Crippen LogP contribution in [0.1, 0.15) is 31.4 Å². The number of hydrogen-bond donors (Lipinski definition) is 3. The van der Waals surface area contributed by atoms with Crippen molar-refractivity contribution in [2.45, 2.75) is 39.3 Å². The molecule has 2 rings (SSSR count). The number of ether oxygens (including phenoxy) is 1. The fraction of sp³-hybridized carbons (Fsp3) is 0.391. The summed E-state index contributed by atoms with van der Waals surface area (Å²) in [6, 6.07) is 17.8. The lowest BCUT2D eigenvalue weighted by Gasteiger charge is -2.30. The molecule has 2 aromatic carbocycles. The van der Waals surface area contributed by atoms with Crippen LogP contribution in [0.4, 0.5) is 4.79 Å². The van der Waals surface area contributed by atoms with Gasteiger partial charge in [0.2, 0.25) is 5.91 Å². The van der Waals surface area contributed by atoms with Gasteiger partial charge < -0.3 is 24.8 Å². The van der Waals surface area contributed by atoms with Crippen molar-refractivity contribution in [3.63, 3.8) is 0 Å². The summed E-state index contributed by atoms with van der Waals surface area (Å²) in [4.78, 5) is 36.9. The Hall–Kier alpha value is -2.67. The molecule has 9 heteroatoms. The second-order valence-electron chi connectivity index (χ2n) is 7.91. The molecule has 0 fully saturated rings. The predicted molar refractivity (Wildman–Crippen MR) is 122 cm³/mol. The lowest BCUT2D eigenvalue weighted by molar-refractivity contribution is -0.179. The third kappa shape index (κ3) is 10.1. The molecule has 8 nitrogen and oxygen atoms in total. The summed E-state index contributed by atoms with van der Waals surface area (Å²) in [5.41, 5.74) is 1.86. The van der Waals surface area contributed by atoms with E-state index >= 15 is 0 Å². The first kappa shape index (κ1) is 25.6. The smallest absolute Gasteiger partial charge is 0.407 e. The van der Waals surface area contributed by atoms with E-state index in [4.69, 9.17) is 4.74 Å². The highest BCUT2D eigenvalue weighted by Crippen LogP contribution is 2.30. The van der Waals surface area contributed by atoms with Crippen LogP contribution in [0.25, 0.3) is 0 Å². The Labute approximate surface area is 189 Å². The topological polar surface area (TPSA) is 120 Å². The van der Waals surface area contributed by atoms with E-state index in [0.29, 0.717) is 19.4 Å². The van der Waals surface area contributed by atoms with Crippen molar-refractivity contribution in [3.05, 3.63) is 71.8 Å². The largest absolute Gasteiger partial charge is 0.787 e. The molecule has 0 aliphatic heterocycles. The Morgan fingerprint density at radius 1 is 0.969 bits per heavy atom. The van der Waals surface area contributed by atoms with Crippen molar-refractivity contribution in [3.8, 4) is 0 Å². The first-order chi connectivity index (χ1) is 15.2. The number of benzene rings is 2. The Bertz CT molecular complexity index is 893. The minimum absolute atomic E-state index is 0.0308. The van der Waals surface area contributed by atoms with Gasteiger partial charge in [-0.25, -0.2) is 4.79 Å². The Kier molecular flexibility index (Phi) is 10.4. The van der Waals surface area contributed by atoms with Crippen molar-refractivity contribution in [2.24, 2.45) is 5.92 Å². The SMILES string of the molecule is CC(C)C[C@H](NP(=O)([O-])CNC(=O)OCc1ccccc1)C(=O)NCCc1ccccc1. The first-order valence-corrected chi connectivity index (χ1v) is 12.4. The van der Waals surface area contributed by atoms with E-state index in [-0.39, 0.29) is 12.5 Å². The maximum Gasteiger partial charge on any atom is 0.407 e. The fourth-order valence-electron chi connectivity index (χ4n) is 3.01. The van der Waals surface area contributed by atoms with Gasteiger partial charge in [0.05, 0.1) is 19.8 Å². The fourth-order valence-corrected chi connectivity index (χ4v) is 4.14.